The molecule has 0 bridgehead atoms. The molecule has 2 aromatic rings. The Labute approximate surface area is 94.2 Å². The average molecular weight is 214 g/mol. The Morgan fingerprint density at radius 1 is 1.38 bits per heavy atom. The van der Waals surface area contributed by atoms with Crippen LogP contribution in [0.4, 0.5) is 5.88 Å². The van der Waals surface area contributed by atoms with E-state index < -0.39 is 0 Å². The molecule has 1 heterocycles. The van der Waals surface area contributed by atoms with Crippen molar-refractivity contribution in [2.24, 2.45) is 0 Å². The molecular weight excluding hydrogens is 200 g/mol. The minimum Gasteiger partial charge on any atom is -0.367 e. The van der Waals surface area contributed by atoms with Gasteiger partial charge in [0.1, 0.15) is 0 Å². The number of nitrogens with two attached hydrogens (primary N) is 1. The van der Waals surface area contributed by atoms with E-state index in [0.717, 1.165) is 16.8 Å². The summed E-state index contributed by atoms with van der Waals surface area (Å²) in [7, 11) is 0. The first-order chi connectivity index (χ1) is 7.75. The van der Waals surface area contributed by atoms with Crippen molar-refractivity contribution in [2.45, 2.75) is 25.7 Å². The number of aryl methyl sites for hydroxylation is 1. The zero-order chi connectivity index (χ0) is 11.1. The van der Waals surface area contributed by atoms with E-state index in [1.54, 1.807) is 0 Å². The van der Waals surface area contributed by atoms with Crippen molar-refractivity contribution >= 4 is 5.88 Å². The number of hydrogen-bond donors (Lipinski definition) is 1. The number of benzene rings is 1. The van der Waals surface area contributed by atoms with Crippen molar-refractivity contribution in [3.63, 3.8) is 0 Å². The van der Waals surface area contributed by atoms with Crippen LogP contribution in [0.15, 0.2) is 28.8 Å². The molecule has 0 radical (unpaired) electrons. The number of aromatic nitrogens is 1. The van der Waals surface area contributed by atoms with Crippen molar-refractivity contribution in [2.75, 3.05) is 5.73 Å². The molecule has 1 aromatic heterocycles. The lowest BCUT2D eigenvalue weighted by Gasteiger charge is -2.02. The topological polar surface area (TPSA) is 52.0 Å². The van der Waals surface area contributed by atoms with E-state index in [0.29, 0.717) is 11.8 Å². The fraction of sp³-hybridized carbons (Fsp3) is 0.308. The highest BCUT2D eigenvalue weighted by Crippen LogP contribution is 2.45. The van der Waals surface area contributed by atoms with Crippen LogP contribution >= 0.6 is 0 Å². The summed E-state index contributed by atoms with van der Waals surface area (Å²) in [6.45, 7) is 2.07. The van der Waals surface area contributed by atoms with E-state index >= 15 is 0 Å². The van der Waals surface area contributed by atoms with Crippen molar-refractivity contribution in [3.8, 4) is 11.1 Å². The fourth-order valence-corrected chi connectivity index (χ4v) is 2.04. The SMILES string of the molecule is Cc1cccc(-c2c(C3CC3)noc2N)c1. The number of rotatable bonds is 2. The van der Waals surface area contributed by atoms with E-state index in [1.807, 2.05) is 6.07 Å². The van der Waals surface area contributed by atoms with Gasteiger partial charge in [0.05, 0.1) is 11.3 Å². The zero-order valence-corrected chi connectivity index (χ0v) is 9.23. The number of anilines is 1. The van der Waals surface area contributed by atoms with Crippen LogP contribution in [0.3, 0.4) is 0 Å². The van der Waals surface area contributed by atoms with Crippen molar-refractivity contribution in [1.29, 1.82) is 0 Å². The molecule has 3 heteroatoms. The molecule has 1 aromatic carbocycles. The van der Waals surface area contributed by atoms with Gasteiger partial charge in [-0.25, -0.2) is 0 Å². The third-order valence-corrected chi connectivity index (χ3v) is 3.02. The maximum absolute atomic E-state index is 5.86. The van der Waals surface area contributed by atoms with Gasteiger partial charge in [-0.1, -0.05) is 35.0 Å². The summed E-state index contributed by atoms with van der Waals surface area (Å²) in [5, 5.41) is 4.08. The molecule has 82 valence electrons. The molecular formula is C13H14N2O. The molecule has 1 aliphatic carbocycles. The summed E-state index contributed by atoms with van der Waals surface area (Å²) in [6, 6.07) is 8.29. The number of nitrogens with zero attached hydrogens (tertiary/aromatic N) is 1. The molecule has 1 saturated carbocycles. The smallest absolute Gasteiger partial charge is 0.230 e. The average Bonchev–Trinajstić information content (AvgIpc) is 3.02. The van der Waals surface area contributed by atoms with Crippen LogP contribution in [0.1, 0.15) is 30.0 Å². The lowest BCUT2D eigenvalue weighted by Crippen LogP contribution is -1.89. The summed E-state index contributed by atoms with van der Waals surface area (Å²) in [6.07, 6.45) is 2.40. The molecule has 16 heavy (non-hydrogen) atoms. The molecule has 0 saturated heterocycles. The highest BCUT2D eigenvalue weighted by molar-refractivity contribution is 5.76. The highest BCUT2D eigenvalue weighted by Gasteiger charge is 2.31. The fourth-order valence-electron chi connectivity index (χ4n) is 2.04. The first kappa shape index (κ1) is 9.46. The van der Waals surface area contributed by atoms with Gasteiger partial charge in [-0.2, -0.15) is 0 Å². The van der Waals surface area contributed by atoms with E-state index in [-0.39, 0.29) is 0 Å². The molecule has 2 N–H and O–H groups in total. The van der Waals surface area contributed by atoms with Gasteiger partial charge >= 0.3 is 0 Å². The first-order valence-corrected chi connectivity index (χ1v) is 5.58. The van der Waals surface area contributed by atoms with E-state index in [9.17, 15) is 0 Å². The minimum absolute atomic E-state index is 0.438. The second kappa shape index (κ2) is 3.37. The Kier molecular flexibility index (Phi) is 1.99. The van der Waals surface area contributed by atoms with Gasteiger partial charge in [0.25, 0.3) is 0 Å². The summed E-state index contributed by atoms with van der Waals surface area (Å²) < 4.78 is 5.12. The summed E-state index contributed by atoms with van der Waals surface area (Å²) in [5.41, 5.74) is 10.2. The summed E-state index contributed by atoms with van der Waals surface area (Å²) in [4.78, 5) is 0. The Morgan fingerprint density at radius 2 is 2.19 bits per heavy atom. The highest BCUT2D eigenvalue weighted by atomic mass is 16.5. The standard InChI is InChI=1S/C13H14N2O/c1-8-3-2-4-10(7-8)11-12(9-5-6-9)15-16-13(11)14/h2-4,7,9H,5-6,14H2,1H3. The molecule has 0 unspecified atom stereocenters. The van der Waals surface area contributed by atoms with Gasteiger partial charge in [-0.3, -0.25) is 0 Å². The number of nitrogen functional groups attached to an aromatic ring is 1. The summed E-state index contributed by atoms with van der Waals surface area (Å²) >= 11 is 0. The van der Waals surface area contributed by atoms with Gasteiger partial charge in [-0.05, 0) is 25.3 Å². The normalized spacial score (nSPS) is 15.3. The van der Waals surface area contributed by atoms with E-state index in [1.165, 1.54) is 18.4 Å². The molecule has 0 atom stereocenters. The van der Waals surface area contributed by atoms with Crippen LogP contribution in [0, 0.1) is 6.92 Å². The lowest BCUT2D eigenvalue weighted by molar-refractivity contribution is 0.428. The zero-order valence-electron chi connectivity index (χ0n) is 9.23. The van der Waals surface area contributed by atoms with Gasteiger partial charge in [0.15, 0.2) is 0 Å². The van der Waals surface area contributed by atoms with Crippen LogP contribution in [0.25, 0.3) is 11.1 Å². The van der Waals surface area contributed by atoms with E-state index in [4.69, 9.17) is 10.3 Å². The molecule has 3 rings (SSSR count). The Balaban J connectivity index is 2.14. The largest absolute Gasteiger partial charge is 0.367 e. The first-order valence-electron chi connectivity index (χ1n) is 5.58. The second-order valence-corrected chi connectivity index (χ2v) is 4.45. The Hall–Kier alpha value is -1.77. The van der Waals surface area contributed by atoms with Gasteiger partial charge in [0.2, 0.25) is 5.88 Å². The van der Waals surface area contributed by atoms with Crippen LogP contribution in [0.2, 0.25) is 0 Å². The minimum atomic E-state index is 0.438. The Bertz CT molecular complexity index is 526. The maximum Gasteiger partial charge on any atom is 0.230 e. The van der Waals surface area contributed by atoms with Crippen LogP contribution in [-0.4, -0.2) is 5.16 Å². The van der Waals surface area contributed by atoms with Crippen molar-refractivity contribution < 1.29 is 4.52 Å². The van der Waals surface area contributed by atoms with Gasteiger partial charge in [0, 0.05) is 5.92 Å². The second-order valence-electron chi connectivity index (χ2n) is 4.45. The number of hydrogen-bond acceptors (Lipinski definition) is 3. The van der Waals surface area contributed by atoms with E-state index in [2.05, 4.69) is 30.3 Å². The van der Waals surface area contributed by atoms with Crippen molar-refractivity contribution in [3.05, 3.63) is 35.5 Å². The third kappa shape index (κ3) is 1.48. The predicted molar refractivity (Wildman–Crippen MR) is 63.1 cm³/mol. The quantitative estimate of drug-likeness (QED) is 0.835. The predicted octanol–water partition coefficient (Wildman–Crippen LogP) is 3.11. The van der Waals surface area contributed by atoms with Crippen molar-refractivity contribution in [1.82, 2.24) is 5.16 Å². The van der Waals surface area contributed by atoms with Crippen LogP contribution in [-0.2, 0) is 0 Å². The molecule has 3 nitrogen and oxygen atoms in total. The van der Waals surface area contributed by atoms with Crippen LogP contribution < -0.4 is 5.73 Å². The maximum atomic E-state index is 5.86. The van der Waals surface area contributed by atoms with Crippen LogP contribution in [0.5, 0.6) is 0 Å². The molecule has 1 fully saturated rings. The molecule has 0 amide bonds. The lowest BCUT2D eigenvalue weighted by atomic mass is 10.0. The molecule has 0 spiro atoms. The molecule has 1 aliphatic rings. The van der Waals surface area contributed by atoms with Gasteiger partial charge < -0.3 is 10.3 Å². The monoisotopic (exact) mass is 214 g/mol. The Morgan fingerprint density at radius 3 is 2.88 bits per heavy atom. The molecule has 0 aliphatic heterocycles. The third-order valence-electron chi connectivity index (χ3n) is 3.02. The summed E-state index contributed by atoms with van der Waals surface area (Å²) in [5.74, 6) is 0.990. The van der Waals surface area contributed by atoms with Gasteiger partial charge in [-0.15, -0.1) is 0 Å².